The highest BCUT2D eigenvalue weighted by atomic mass is 14.6. The molecule has 0 fully saturated rings. The summed E-state index contributed by atoms with van der Waals surface area (Å²) in [6, 6.07) is 19.8. The van der Waals surface area contributed by atoms with E-state index in [4.69, 9.17) is 4.98 Å². The molecule has 1 aliphatic carbocycles. The van der Waals surface area contributed by atoms with Crippen LogP contribution in [0.2, 0.25) is 0 Å². The van der Waals surface area contributed by atoms with Crippen molar-refractivity contribution in [3.8, 4) is 17.2 Å². The van der Waals surface area contributed by atoms with Crippen LogP contribution in [0.3, 0.4) is 0 Å². The van der Waals surface area contributed by atoms with Gasteiger partial charge in [0.15, 0.2) is 0 Å². The maximum absolute atomic E-state index is 9.47. The zero-order valence-electron chi connectivity index (χ0n) is 18.5. The second kappa shape index (κ2) is 8.74. The van der Waals surface area contributed by atoms with Gasteiger partial charge in [-0.2, -0.15) is 5.26 Å². The Hall–Kier alpha value is -3.44. The van der Waals surface area contributed by atoms with Gasteiger partial charge < -0.3 is 0 Å². The number of aromatic nitrogens is 1. The van der Waals surface area contributed by atoms with Crippen LogP contribution in [0, 0.1) is 11.3 Å². The normalized spacial score (nSPS) is 14.0. The molecule has 154 valence electrons. The summed E-state index contributed by atoms with van der Waals surface area (Å²) >= 11 is 0. The van der Waals surface area contributed by atoms with Gasteiger partial charge in [0.2, 0.25) is 0 Å². The lowest BCUT2D eigenvalue weighted by atomic mass is 9.84. The molecule has 2 heteroatoms. The van der Waals surface area contributed by atoms with Gasteiger partial charge in [-0.05, 0) is 71.2 Å². The van der Waals surface area contributed by atoms with Crippen LogP contribution in [0.4, 0.5) is 0 Å². The Morgan fingerprint density at radius 2 is 1.90 bits per heavy atom. The van der Waals surface area contributed by atoms with Crippen LogP contribution in [0.1, 0.15) is 44.7 Å². The van der Waals surface area contributed by atoms with Gasteiger partial charge in [-0.25, -0.2) is 0 Å². The van der Waals surface area contributed by atoms with Crippen molar-refractivity contribution < 1.29 is 0 Å². The maximum atomic E-state index is 9.47. The lowest BCUT2D eigenvalue weighted by molar-refractivity contribution is 0.591. The molecule has 0 saturated carbocycles. The zero-order chi connectivity index (χ0) is 21.8. The minimum atomic E-state index is 0.0659. The first-order valence-electron chi connectivity index (χ1n) is 10.9. The number of hydrogen-bond acceptors (Lipinski definition) is 2. The van der Waals surface area contributed by atoms with Crippen molar-refractivity contribution in [2.24, 2.45) is 0 Å². The number of fused-ring (bicyclic) bond motifs is 1. The second-order valence-corrected chi connectivity index (χ2v) is 9.13. The molecule has 0 atom stereocenters. The van der Waals surface area contributed by atoms with E-state index in [1.807, 2.05) is 24.4 Å². The molecular formula is C29H28N2. The molecule has 31 heavy (non-hydrogen) atoms. The molecule has 2 aromatic carbocycles. The first-order valence-corrected chi connectivity index (χ1v) is 10.9. The van der Waals surface area contributed by atoms with Gasteiger partial charge in [-0.1, -0.05) is 69.3 Å². The molecule has 4 rings (SSSR count). The highest BCUT2D eigenvalue weighted by Crippen LogP contribution is 2.34. The summed E-state index contributed by atoms with van der Waals surface area (Å²) in [7, 11) is 0. The Morgan fingerprint density at radius 3 is 2.71 bits per heavy atom. The molecule has 1 aliphatic rings. The number of benzene rings is 2. The maximum Gasteiger partial charge on any atom is 0.0994 e. The summed E-state index contributed by atoms with van der Waals surface area (Å²) in [4.78, 5) is 4.70. The Labute approximate surface area is 185 Å². The van der Waals surface area contributed by atoms with Crippen LogP contribution in [0.5, 0.6) is 0 Å². The van der Waals surface area contributed by atoms with Gasteiger partial charge in [0, 0.05) is 17.1 Å². The topological polar surface area (TPSA) is 36.7 Å². The molecule has 0 aliphatic heterocycles. The molecule has 0 bridgehead atoms. The van der Waals surface area contributed by atoms with Crippen molar-refractivity contribution in [2.75, 3.05) is 0 Å². The Morgan fingerprint density at radius 1 is 1.03 bits per heavy atom. The standard InChI is InChI=1S/C29H28N2/c1-29(2,3)26-18-24-13-8-16-31-28(24)27(19-26)23-12-7-9-21(17-23)14-15-22-10-5-4-6-11-25(22)20-30/h4,6-13,16-19H,5,14-15H2,1-3H3. The van der Waals surface area contributed by atoms with Crippen molar-refractivity contribution in [1.82, 2.24) is 4.98 Å². The van der Waals surface area contributed by atoms with E-state index in [-0.39, 0.29) is 5.41 Å². The SMILES string of the molecule is CC(C)(C)c1cc(-c2cccc(CCC3=CCC=CC=C3C#N)c2)c2ncccc2c1. The highest BCUT2D eigenvalue weighted by Gasteiger charge is 2.17. The fraction of sp³-hybridized carbons (Fsp3) is 0.241. The first-order chi connectivity index (χ1) is 15.0. The van der Waals surface area contributed by atoms with Crippen molar-refractivity contribution in [3.63, 3.8) is 0 Å². The van der Waals surface area contributed by atoms with Gasteiger partial charge in [0.25, 0.3) is 0 Å². The molecular weight excluding hydrogens is 376 g/mol. The highest BCUT2D eigenvalue weighted by molar-refractivity contribution is 5.94. The number of pyridine rings is 1. The van der Waals surface area contributed by atoms with E-state index in [1.54, 1.807) is 0 Å². The van der Waals surface area contributed by atoms with Crippen molar-refractivity contribution >= 4 is 10.9 Å². The molecule has 2 nitrogen and oxygen atoms in total. The van der Waals surface area contributed by atoms with E-state index in [0.717, 1.165) is 35.9 Å². The third-order valence-electron chi connectivity index (χ3n) is 5.86. The molecule has 0 spiro atoms. The fourth-order valence-corrected chi connectivity index (χ4v) is 4.03. The molecule has 0 amide bonds. The van der Waals surface area contributed by atoms with Crippen LogP contribution in [-0.2, 0) is 11.8 Å². The first kappa shape index (κ1) is 20.8. The minimum absolute atomic E-state index is 0.0659. The van der Waals surface area contributed by atoms with E-state index >= 15 is 0 Å². The van der Waals surface area contributed by atoms with Crippen LogP contribution < -0.4 is 0 Å². The predicted molar refractivity (Wildman–Crippen MR) is 130 cm³/mol. The summed E-state index contributed by atoms with van der Waals surface area (Å²) in [6.07, 6.45) is 12.7. The van der Waals surface area contributed by atoms with E-state index in [2.05, 4.69) is 81.5 Å². The second-order valence-electron chi connectivity index (χ2n) is 9.13. The van der Waals surface area contributed by atoms with E-state index in [1.165, 1.54) is 27.6 Å². The summed E-state index contributed by atoms with van der Waals surface area (Å²) in [6.45, 7) is 6.75. The number of hydrogen-bond donors (Lipinski definition) is 0. The number of nitrogens with zero attached hydrogens (tertiary/aromatic N) is 2. The van der Waals surface area contributed by atoms with Gasteiger partial charge in [-0.15, -0.1) is 0 Å². The fourth-order valence-electron chi connectivity index (χ4n) is 4.03. The van der Waals surface area contributed by atoms with E-state index in [9.17, 15) is 5.26 Å². The van der Waals surface area contributed by atoms with Crippen molar-refractivity contribution in [1.29, 1.82) is 5.26 Å². The van der Waals surface area contributed by atoms with Gasteiger partial charge in [0.1, 0.15) is 0 Å². The Kier molecular flexibility index (Phi) is 5.87. The van der Waals surface area contributed by atoms with E-state index in [0.29, 0.717) is 0 Å². The van der Waals surface area contributed by atoms with Crippen LogP contribution in [0.15, 0.2) is 90.2 Å². The van der Waals surface area contributed by atoms with Gasteiger partial charge >= 0.3 is 0 Å². The quantitative estimate of drug-likeness (QED) is 0.452. The van der Waals surface area contributed by atoms with Crippen LogP contribution in [0.25, 0.3) is 22.0 Å². The van der Waals surface area contributed by atoms with Gasteiger partial charge in [-0.3, -0.25) is 4.98 Å². The van der Waals surface area contributed by atoms with Crippen LogP contribution in [-0.4, -0.2) is 4.98 Å². The molecule has 0 saturated heterocycles. The zero-order valence-corrected chi connectivity index (χ0v) is 18.5. The lowest BCUT2D eigenvalue weighted by Crippen LogP contribution is -2.11. The lowest BCUT2D eigenvalue weighted by Gasteiger charge is -2.21. The van der Waals surface area contributed by atoms with Crippen molar-refractivity contribution in [2.45, 2.75) is 45.4 Å². The summed E-state index contributed by atoms with van der Waals surface area (Å²) in [5.74, 6) is 0. The molecule has 1 heterocycles. The average molecular weight is 405 g/mol. The number of rotatable bonds is 4. The van der Waals surface area contributed by atoms with Crippen LogP contribution >= 0.6 is 0 Å². The van der Waals surface area contributed by atoms with Gasteiger partial charge in [0.05, 0.1) is 17.2 Å². The summed E-state index contributed by atoms with van der Waals surface area (Å²) in [5.41, 5.74) is 7.99. The number of allylic oxidation sites excluding steroid dienone is 6. The summed E-state index contributed by atoms with van der Waals surface area (Å²) in [5, 5.41) is 10.6. The molecule has 0 N–H and O–H groups in total. The third kappa shape index (κ3) is 4.67. The number of aryl methyl sites for hydroxylation is 1. The Balaban J connectivity index is 1.68. The average Bonchev–Trinajstić information content (AvgIpc) is 3.01. The third-order valence-corrected chi connectivity index (χ3v) is 5.86. The molecule has 1 aromatic heterocycles. The summed E-state index contributed by atoms with van der Waals surface area (Å²) < 4.78 is 0. The number of nitriles is 1. The molecule has 3 aromatic rings. The molecule has 0 unspecified atom stereocenters. The van der Waals surface area contributed by atoms with E-state index < -0.39 is 0 Å². The predicted octanol–water partition coefficient (Wildman–Crippen LogP) is 7.47. The van der Waals surface area contributed by atoms with Crippen molar-refractivity contribution in [3.05, 3.63) is 101 Å². The smallest absolute Gasteiger partial charge is 0.0994 e. The monoisotopic (exact) mass is 404 g/mol. The minimum Gasteiger partial charge on any atom is -0.256 e. The largest absolute Gasteiger partial charge is 0.256 e. The molecule has 0 radical (unpaired) electrons. The Bertz CT molecular complexity index is 1240.